The fourth-order valence-electron chi connectivity index (χ4n) is 4.79. The molecule has 0 amide bonds. The van der Waals surface area contributed by atoms with Crippen molar-refractivity contribution in [1.82, 2.24) is 15.5 Å². The summed E-state index contributed by atoms with van der Waals surface area (Å²) in [7, 11) is 1.87. The van der Waals surface area contributed by atoms with E-state index in [0.29, 0.717) is 6.04 Å². The molecule has 156 valence electrons. The maximum Gasteiger partial charge on any atom is 0.191 e. The number of aliphatic imine (C=N–C) groups is 1. The number of rotatable bonds is 5. The van der Waals surface area contributed by atoms with Crippen molar-refractivity contribution in [3.63, 3.8) is 0 Å². The van der Waals surface area contributed by atoms with Gasteiger partial charge in [-0.25, -0.2) is 0 Å². The Morgan fingerprint density at radius 2 is 1.96 bits per heavy atom. The molecule has 0 atom stereocenters. The average Bonchev–Trinajstić information content (AvgIpc) is 3.39. The van der Waals surface area contributed by atoms with Crippen LogP contribution in [0.15, 0.2) is 23.2 Å². The van der Waals surface area contributed by atoms with Crippen LogP contribution >= 0.6 is 24.0 Å². The van der Waals surface area contributed by atoms with Gasteiger partial charge in [-0.1, -0.05) is 25.0 Å². The zero-order valence-electron chi connectivity index (χ0n) is 17.1. The number of likely N-dealkylation sites (tertiary alicyclic amines) is 1. The molecule has 1 aromatic carbocycles. The van der Waals surface area contributed by atoms with E-state index in [2.05, 4.69) is 38.7 Å². The molecule has 0 aromatic heterocycles. The Labute approximate surface area is 186 Å². The van der Waals surface area contributed by atoms with E-state index in [0.717, 1.165) is 43.7 Å². The highest BCUT2D eigenvalue weighted by molar-refractivity contribution is 14.0. The lowest BCUT2D eigenvalue weighted by Crippen LogP contribution is -2.50. The summed E-state index contributed by atoms with van der Waals surface area (Å²) in [5.74, 6) is 2.01. The summed E-state index contributed by atoms with van der Waals surface area (Å²) in [6, 6.07) is 8.00. The van der Waals surface area contributed by atoms with Crippen LogP contribution in [0.4, 0.5) is 0 Å². The van der Waals surface area contributed by atoms with E-state index < -0.39 is 0 Å². The van der Waals surface area contributed by atoms with Gasteiger partial charge in [0.15, 0.2) is 5.96 Å². The molecule has 0 spiro atoms. The summed E-state index contributed by atoms with van der Waals surface area (Å²) < 4.78 is 5.59. The zero-order chi connectivity index (χ0) is 18.5. The average molecular weight is 498 g/mol. The van der Waals surface area contributed by atoms with Crippen LogP contribution < -0.4 is 15.4 Å². The van der Waals surface area contributed by atoms with Gasteiger partial charge in [-0.3, -0.25) is 4.99 Å². The van der Waals surface area contributed by atoms with Crippen molar-refractivity contribution in [3.8, 4) is 5.75 Å². The minimum atomic E-state index is 0. The monoisotopic (exact) mass is 498 g/mol. The minimum absolute atomic E-state index is 0. The van der Waals surface area contributed by atoms with Gasteiger partial charge in [0.2, 0.25) is 0 Å². The molecule has 2 aliphatic heterocycles. The fourth-order valence-corrected chi connectivity index (χ4v) is 4.79. The molecule has 3 aliphatic rings. The number of nitrogens with zero attached hydrogens (tertiary/aromatic N) is 2. The first-order valence-electron chi connectivity index (χ1n) is 10.8. The number of piperidine rings is 1. The third-order valence-electron chi connectivity index (χ3n) is 6.40. The maximum atomic E-state index is 5.59. The first-order valence-corrected chi connectivity index (χ1v) is 10.8. The quantitative estimate of drug-likeness (QED) is 0.372. The second-order valence-electron chi connectivity index (χ2n) is 8.18. The lowest BCUT2D eigenvalue weighted by Gasteiger charge is -2.36. The molecule has 28 heavy (non-hydrogen) atoms. The van der Waals surface area contributed by atoms with Crippen molar-refractivity contribution in [3.05, 3.63) is 29.3 Å². The van der Waals surface area contributed by atoms with Gasteiger partial charge >= 0.3 is 0 Å². The van der Waals surface area contributed by atoms with Gasteiger partial charge < -0.3 is 20.3 Å². The molecule has 5 nitrogen and oxygen atoms in total. The maximum absolute atomic E-state index is 5.59. The third-order valence-corrected chi connectivity index (χ3v) is 6.40. The van der Waals surface area contributed by atoms with Gasteiger partial charge in [0, 0.05) is 45.2 Å². The van der Waals surface area contributed by atoms with Crippen LogP contribution in [-0.4, -0.2) is 56.2 Å². The predicted octanol–water partition coefficient (Wildman–Crippen LogP) is 3.35. The molecule has 4 rings (SSSR count). The van der Waals surface area contributed by atoms with Crippen LogP contribution in [0.2, 0.25) is 0 Å². The largest absolute Gasteiger partial charge is 0.493 e. The Kier molecular flexibility index (Phi) is 8.26. The molecule has 1 aliphatic carbocycles. The third kappa shape index (κ3) is 5.53. The van der Waals surface area contributed by atoms with Gasteiger partial charge in [-0.2, -0.15) is 0 Å². The molecular weight excluding hydrogens is 463 g/mol. The van der Waals surface area contributed by atoms with Gasteiger partial charge in [0.05, 0.1) is 6.61 Å². The Balaban J connectivity index is 0.00000225. The lowest BCUT2D eigenvalue weighted by atomic mass is 10.0. The number of hydrogen-bond donors (Lipinski definition) is 2. The highest BCUT2D eigenvalue weighted by atomic mass is 127. The normalized spacial score (nSPS) is 21.1. The Bertz CT molecular complexity index is 652. The molecule has 1 saturated carbocycles. The Hall–Kier alpha value is -1.02. The van der Waals surface area contributed by atoms with Crippen LogP contribution in [0.5, 0.6) is 5.75 Å². The molecule has 0 unspecified atom stereocenters. The van der Waals surface area contributed by atoms with Crippen LogP contribution in [0.3, 0.4) is 0 Å². The van der Waals surface area contributed by atoms with E-state index in [9.17, 15) is 0 Å². The van der Waals surface area contributed by atoms with E-state index >= 15 is 0 Å². The van der Waals surface area contributed by atoms with Crippen LogP contribution in [0, 0.1) is 0 Å². The van der Waals surface area contributed by atoms with Crippen molar-refractivity contribution < 1.29 is 4.74 Å². The fraction of sp³-hybridized carbons (Fsp3) is 0.682. The van der Waals surface area contributed by atoms with Gasteiger partial charge in [-0.15, -0.1) is 24.0 Å². The molecule has 2 heterocycles. The number of fused-ring (bicyclic) bond motifs is 1. The first kappa shape index (κ1) is 21.7. The van der Waals surface area contributed by atoms with E-state index in [1.165, 1.54) is 62.7 Å². The lowest BCUT2D eigenvalue weighted by molar-refractivity contribution is 0.150. The highest BCUT2D eigenvalue weighted by Crippen LogP contribution is 2.27. The van der Waals surface area contributed by atoms with Crippen molar-refractivity contribution in [2.75, 3.05) is 33.3 Å². The summed E-state index contributed by atoms with van der Waals surface area (Å²) in [5.41, 5.74) is 2.72. The standard InChI is InChI=1S/C22H34N4O.HI/c1-23-22(24-12-8-17-6-7-21-18(16-17)11-15-27-21)25-19-9-13-26(14-10-19)20-4-2-3-5-20;/h6-7,16,19-20H,2-5,8-15H2,1H3,(H2,23,24,25);1H. The van der Waals surface area contributed by atoms with Crippen molar-refractivity contribution >= 4 is 29.9 Å². The smallest absolute Gasteiger partial charge is 0.191 e. The number of hydrogen-bond acceptors (Lipinski definition) is 3. The van der Waals surface area contributed by atoms with Crippen LogP contribution in [-0.2, 0) is 12.8 Å². The molecule has 6 heteroatoms. The van der Waals surface area contributed by atoms with E-state index in [1.54, 1.807) is 0 Å². The molecule has 0 radical (unpaired) electrons. The number of halogens is 1. The Morgan fingerprint density at radius 1 is 1.18 bits per heavy atom. The minimum Gasteiger partial charge on any atom is -0.493 e. The van der Waals surface area contributed by atoms with Gasteiger partial charge in [0.25, 0.3) is 0 Å². The molecule has 1 saturated heterocycles. The first-order chi connectivity index (χ1) is 13.3. The highest BCUT2D eigenvalue weighted by Gasteiger charge is 2.27. The van der Waals surface area contributed by atoms with Crippen molar-refractivity contribution in [1.29, 1.82) is 0 Å². The van der Waals surface area contributed by atoms with Gasteiger partial charge in [-0.05, 0) is 49.3 Å². The molecule has 2 N–H and O–H groups in total. The number of guanidine groups is 1. The SMILES string of the molecule is CN=C(NCCc1ccc2c(c1)CCO2)NC1CCN(C2CCCC2)CC1.I. The molecule has 0 bridgehead atoms. The number of ether oxygens (including phenoxy) is 1. The summed E-state index contributed by atoms with van der Waals surface area (Å²) in [6.07, 6.45) is 10.2. The second kappa shape index (κ2) is 10.7. The summed E-state index contributed by atoms with van der Waals surface area (Å²) in [4.78, 5) is 7.15. The topological polar surface area (TPSA) is 48.9 Å². The predicted molar refractivity (Wildman–Crippen MR) is 126 cm³/mol. The van der Waals surface area contributed by atoms with Crippen molar-refractivity contribution in [2.24, 2.45) is 4.99 Å². The van der Waals surface area contributed by atoms with E-state index in [1.807, 2.05) is 7.05 Å². The zero-order valence-corrected chi connectivity index (χ0v) is 19.4. The number of nitrogens with one attached hydrogen (secondary N) is 2. The van der Waals surface area contributed by atoms with Crippen LogP contribution in [0.25, 0.3) is 0 Å². The van der Waals surface area contributed by atoms with Gasteiger partial charge in [0.1, 0.15) is 5.75 Å². The molecule has 1 aromatic rings. The van der Waals surface area contributed by atoms with E-state index in [4.69, 9.17) is 4.74 Å². The second-order valence-corrected chi connectivity index (χ2v) is 8.18. The number of benzene rings is 1. The van der Waals surface area contributed by atoms with E-state index in [-0.39, 0.29) is 24.0 Å². The van der Waals surface area contributed by atoms with Crippen LogP contribution in [0.1, 0.15) is 49.7 Å². The Morgan fingerprint density at radius 3 is 2.71 bits per heavy atom. The van der Waals surface area contributed by atoms with Crippen molar-refractivity contribution in [2.45, 2.75) is 63.5 Å². The summed E-state index contributed by atoms with van der Waals surface area (Å²) in [6.45, 7) is 4.19. The summed E-state index contributed by atoms with van der Waals surface area (Å²) >= 11 is 0. The molecular formula is C22H35IN4O. The summed E-state index contributed by atoms with van der Waals surface area (Å²) in [5, 5.41) is 7.13. The molecule has 2 fully saturated rings.